The molecule has 20 heavy (non-hydrogen) atoms. The number of hydrogen-bond acceptors (Lipinski definition) is 5. The van der Waals surface area contributed by atoms with Crippen LogP contribution in [0.1, 0.15) is 19.4 Å². The number of carbonyl (C=O) groups excluding carboxylic acids is 2. The molecule has 1 atom stereocenters. The highest BCUT2D eigenvalue weighted by atomic mass is 16.5. The molecule has 5 nitrogen and oxygen atoms in total. The smallest absolute Gasteiger partial charge is 0.342 e. The van der Waals surface area contributed by atoms with Gasteiger partial charge in [0, 0.05) is 0 Å². The van der Waals surface area contributed by atoms with Crippen LogP contribution in [-0.2, 0) is 19.1 Å². The van der Waals surface area contributed by atoms with Crippen LogP contribution in [0, 0.1) is 0 Å². The lowest BCUT2D eigenvalue weighted by Gasteiger charge is -2.22. The molecule has 0 saturated heterocycles. The van der Waals surface area contributed by atoms with Gasteiger partial charge in [-0.1, -0.05) is 30.3 Å². The first kappa shape index (κ1) is 15.9. The molecule has 0 spiro atoms. The Morgan fingerprint density at radius 2 is 1.90 bits per heavy atom. The maximum Gasteiger partial charge on any atom is 0.342 e. The molecule has 0 radical (unpaired) electrons. The third-order valence-corrected chi connectivity index (χ3v) is 2.71. The standard InChI is InChI=1S/C15H18O5/c1-4-20-13(16)12(15(2,18)14(17)19-3)10-11-8-6-5-7-9-11/h5-10,18H,4H2,1-3H3/b12-10-. The number of aliphatic hydroxyl groups is 1. The van der Waals surface area contributed by atoms with Crippen molar-refractivity contribution in [1.29, 1.82) is 0 Å². The van der Waals surface area contributed by atoms with Crippen LogP contribution in [0.25, 0.3) is 6.08 Å². The number of methoxy groups -OCH3 is 1. The molecule has 0 aliphatic carbocycles. The fourth-order valence-electron chi connectivity index (χ4n) is 1.63. The van der Waals surface area contributed by atoms with Crippen molar-refractivity contribution >= 4 is 18.0 Å². The van der Waals surface area contributed by atoms with E-state index in [0.29, 0.717) is 5.56 Å². The van der Waals surface area contributed by atoms with E-state index in [1.807, 2.05) is 6.07 Å². The van der Waals surface area contributed by atoms with E-state index in [0.717, 1.165) is 7.11 Å². The molecule has 108 valence electrons. The lowest BCUT2D eigenvalue weighted by Crippen LogP contribution is -2.41. The van der Waals surface area contributed by atoms with E-state index >= 15 is 0 Å². The summed E-state index contributed by atoms with van der Waals surface area (Å²) in [5.41, 5.74) is -1.58. The second-order valence-corrected chi connectivity index (χ2v) is 4.25. The highest BCUT2D eigenvalue weighted by Crippen LogP contribution is 2.22. The molecule has 0 saturated carbocycles. The highest BCUT2D eigenvalue weighted by Gasteiger charge is 2.40. The Hall–Kier alpha value is -2.14. The molecular formula is C15H18O5. The van der Waals surface area contributed by atoms with Gasteiger partial charge in [0.05, 0.1) is 19.3 Å². The molecule has 0 heterocycles. The lowest BCUT2D eigenvalue weighted by molar-refractivity contribution is -0.160. The minimum atomic E-state index is -2.07. The van der Waals surface area contributed by atoms with E-state index in [2.05, 4.69) is 4.74 Å². The topological polar surface area (TPSA) is 72.8 Å². The Morgan fingerprint density at radius 3 is 2.40 bits per heavy atom. The van der Waals surface area contributed by atoms with Gasteiger partial charge >= 0.3 is 11.9 Å². The molecule has 1 aromatic carbocycles. The van der Waals surface area contributed by atoms with E-state index in [4.69, 9.17) is 4.74 Å². The monoisotopic (exact) mass is 278 g/mol. The molecule has 0 aliphatic heterocycles. The van der Waals surface area contributed by atoms with Crippen LogP contribution in [0.4, 0.5) is 0 Å². The van der Waals surface area contributed by atoms with Gasteiger partial charge in [-0.3, -0.25) is 0 Å². The number of ether oxygens (including phenoxy) is 2. The SMILES string of the molecule is CCOC(=O)/C(=C/c1ccccc1)C(C)(O)C(=O)OC. The van der Waals surface area contributed by atoms with Crippen molar-refractivity contribution < 1.29 is 24.2 Å². The van der Waals surface area contributed by atoms with E-state index in [1.165, 1.54) is 13.0 Å². The van der Waals surface area contributed by atoms with Crippen LogP contribution in [0.3, 0.4) is 0 Å². The number of rotatable bonds is 5. The summed E-state index contributed by atoms with van der Waals surface area (Å²) in [7, 11) is 1.14. The first-order valence-electron chi connectivity index (χ1n) is 6.18. The van der Waals surface area contributed by atoms with Crippen molar-refractivity contribution in [2.24, 2.45) is 0 Å². The maximum atomic E-state index is 12.0. The number of benzene rings is 1. The fourth-order valence-corrected chi connectivity index (χ4v) is 1.63. The molecule has 1 N–H and O–H groups in total. The van der Waals surface area contributed by atoms with Crippen LogP contribution in [0.5, 0.6) is 0 Å². The van der Waals surface area contributed by atoms with Gasteiger partial charge in [-0.25, -0.2) is 9.59 Å². The van der Waals surface area contributed by atoms with Crippen LogP contribution >= 0.6 is 0 Å². The molecule has 0 aromatic heterocycles. The van der Waals surface area contributed by atoms with Gasteiger partial charge < -0.3 is 14.6 Å². The van der Waals surface area contributed by atoms with Crippen molar-refractivity contribution in [2.75, 3.05) is 13.7 Å². The van der Waals surface area contributed by atoms with Crippen molar-refractivity contribution in [3.05, 3.63) is 41.5 Å². The van der Waals surface area contributed by atoms with E-state index < -0.39 is 17.5 Å². The summed E-state index contributed by atoms with van der Waals surface area (Å²) in [5.74, 6) is -1.68. The molecule has 0 aliphatic rings. The van der Waals surface area contributed by atoms with Gasteiger partial charge in [-0.2, -0.15) is 0 Å². The van der Waals surface area contributed by atoms with Gasteiger partial charge in [0.2, 0.25) is 0 Å². The van der Waals surface area contributed by atoms with Gasteiger partial charge in [-0.15, -0.1) is 0 Å². The number of esters is 2. The molecular weight excluding hydrogens is 260 g/mol. The Kier molecular flexibility index (Phi) is 5.46. The summed E-state index contributed by atoms with van der Waals surface area (Å²) < 4.78 is 9.41. The van der Waals surface area contributed by atoms with Crippen LogP contribution in [0.2, 0.25) is 0 Å². The van der Waals surface area contributed by atoms with E-state index in [-0.39, 0.29) is 12.2 Å². The zero-order chi connectivity index (χ0) is 15.2. The third-order valence-electron chi connectivity index (χ3n) is 2.71. The second kappa shape index (κ2) is 6.86. The van der Waals surface area contributed by atoms with Gasteiger partial charge in [0.1, 0.15) is 0 Å². The normalized spacial score (nSPS) is 14.3. The zero-order valence-corrected chi connectivity index (χ0v) is 11.8. The first-order valence-corrected chi connectivity index (χ1v) is 6.18. The first-order chi connectivity index (χ1) is 9.43. The summed E-state index contributed by atoms with van der Waals surface area (Å²) in [6.45, 7) is 2.98. The molecule has 0 fully saturated rings. The van der Waals surface area contributed by atoms with Crippen LogP contribution in [0.15, 0.2) is 35.9 Å². The summed E-state index contributed by atoms with van der Waals surface area (Å²) in [6, 6.07) is 8.86. The third kappa shape index (κ3) is 3.68. The molecule has 0 amide bonds. The predicted molar refractivity (Wildman–Crippen MR) is 73.7 cm³/mol. The Balaban J connectivity index is 3.25. The molecule has 1 aromatic rings. The van der Waals surface area contributed by atoms with Gasteiger partial charge in [0.25, 0.3) is 0 Å². The average molecular weight is 278 g/mol. The maximum absolute atomic E-state index is 12.0. The Bertz CT molecular complexity index is 502. The molecule has 1 rings (SSSR count). The van der Waals surface area contributed by atoms with Crippen LogP contribution in [-0.4, -0.2) is 36.4 Å². The quantitative estimate of drug-likeness (QED) is 0.653. The van der Waals surface area contributed by atoms with Crippen LogP contribution < -0.4 is 0 Å². The summed E-state index contributed by atoms with van der Waals surface area (Å²) in [6.07, 6.45) is 1.41. The van der Waals surface area contributed by atoms with E-state index in [9.17, 15) is 14.7 Å². The lowest BCUT2D eigenvalue weighted by atomic mass is 9.93. The number of hydrogen-bond donors (Lipinski definition) is 1. The van der Waals surface area contributed by atoms with E-state index in [1.54, 1.807) is 31.2 Å². The molecule has 5 heteroatoms. The van der Waals surface area contributed by atoms with Crippen molar-refractivity contribution in [3.8, 4) is 0 Å². The van der Waals surface area contributed by atoms with Gasteiger partial charge in [-0.05, 0) is 25.5 Å². The molecule has 1 unspecified atom stereocenters. The predicted octanol–water partition coefficient (Wildman–Crippen LogP) is 1.56. The van der Waals surface area contributed by atoms with Crippen molar-refractivity contribution in [3.63, 3.8) is 0 Å². The average Bonchev–Trinajstić information content (AvgIpc) is 2.44. The largest absolute Gasteiger partial charge is 0.467 e. The Labute approximate surface area is 117 Å². The highest BCUT2D eigenvalue weighted by molar-refractivity contribution is 6.03. The summed E-state index contributed by atoms with van der Waals surface area (Å²) in [5, 5.41) is 10.3. The Morgan fingerprint density at radius 1 is 1.30 bits per heavy atom. The van der Waals surface area contributed by atoms with Crippen molar-refractivity contribution in [2.45, 2.75) is 19.4 Å². The van der Waals surface area contributed by atoms with Gasteiger partial charge in [0.15, 0.2) is 5.60 Å². The summed E-state index contributed by atoms with van der Waals surface area (Å²) in [4.78, 5) is 23.6. The number of carbonyl (C=O) groups is 2. The zero-order valence-electron chi connectivity index (χ0n) is 11.8. The summed E-state index contributed by atoms with van der Waals surface area (Å²) >= 11 is 0. The second-order valence-electron chi connectivity index (χ2n) is 4.25. The molecule has 0 bridgehead atoms. The minimum Gasteiger partial charge on any atom is -0.467 e. The fraction of sp³-hybridized carbons (Fsp3) is 0.333. The van der Waals surface area contributed by atoms with Crippen molar-refractivity contribution in [1.82, 2.24) is 0 Å². The minimum absolute atomic E-state index is 0.141.